The van der Waals surface area contributed by atoms with Crippen LogP contribution in [-0.4, -0.2) is 48.6 Å². The number of piperidine rings is 1. The molecule has 4 aromatic heterocycles. The number of thiophene rings is 1. The number of rotatable bonds is 4. The molecular weight excluding hydrogens is 422 g/mol. The van der Waals surface area contributed by atoms with Crippen molar-refractivity contribution in [1.82, 2.24) is 29.6 Å². The molecule has 1 saturated heterocycles. The summed E-state index contributed by atoms with van der Waals surface area (Å²) < 4.78 is 1.91. The number of nitrogens with zero attached hydrogens (tertiary/aromatic N) is 6. The maximum Gasteiger partial charge on any atom is 0.246 e. The number of amides is 1. The molecular formula is C23H23N7OS. The number of hydrogen-bond acceptors (Lipinski definition) is 7. The quantitative estimate of drug-likeness (QED) is 0.479. The van der Waals surface area contributed by atoms with E-state index in [1.807, 2.05) is 40.9 Å². The Labute approximate surface area is 189 Å². The number of likely N-dealkylation sites (tertiary alicyclic amines) is 1. The molecule has 1 atom stereocenters. The molecule has 1 fully saturated rings. The third-order valence-corrected chi connectivity index (χ3v) is 6.86. The summed E-state index contributed by atoms with van der Waals surface area (Å²) in [6.07, 6.45) is 6.49. The molecule has 0 aliphatic carbocycles. The summed E-state index contributed by atoms with van der Waals surface area (Å²) in [7, 11) is 0. The van der Waals surface area contributed by atoms with Crippen molar-refractivity contribution in [2.45, 2.75) is 25.8 Å². The van der Waals surface area contributed by atoms with Crippen molar-refractivity contribution in [1.29, 1.82) is 0 Å². The van der Waals surface area contributed by atoms with E-state index in [4.69, 9.17) is 10.8 Å². The summed E-state index contributed by atoms with van der Waals surface area (Å²) >= 11 is 1.61. The fraction of sp³-hybridized carbons (Fsp3) is 0.261. The molecule has 0 spiro atoms. The lowest BCUT2D eigenvalue weighted by atomic mass is 10.1. The fourth-order valence-electron chi connectivity index (χ4n) is 4.12. The van der Waals surface area contributed by atoms with E-state index in [9.17, 15) is 4.79 Å². The lowest BCUT2D eigenvalue weighted by Crippen LogP contribution is -2.40. The first-order chi connectivity index (χ1) is 15.5. The molecule has 0 aromatic carbocycles. The van der Waals surface area contributed by atoms with E-state index in [0.717, 1.165) is 51.5 Å². The first-order valence-electron chi connectivity index (χ1n) is 10.5. The van der Waals surface area contributed by atoms with E-state index in [2.05, 4.69) is 27.6 Å². The van der Waals surface area contributed by atoms with Crippen LogP contribution in [0.1, 0.15) is 24.4 Å². The van der Waals surface area contributed by atoms with Gasteiger partial charge in [-0.3, -0.25) is 9.78 Å². The van der Waals surface area contributed by atoms with E-state index in [0.29, 0.717) is 18.0 Å². The van der Waals surface area contributed by atoms with Crippen molar-refractivity contribution in [3.8, 4) is 21.1 Å². The fourth-order valence-corrected chi connectivity index (χ4v) is 5.10. The number of anilines is 1. The molecule has 1 aliphatic heterocycles. The number of fused-ring (bicyclic) bond motifs is 1. The van der Waals surface area contributed by atoms with Crippen molar-refractivity contribution >= 4 is 34.1 Å². The Morgan fingerprint density at radius 2 is 2.06 bits per heavy atom. The zero-order chi connectivity index (χ0) is 22.2. The van der Waals surface area contributed by atoms with Gasteiger partial charge in [-0.05, 0) is 49.6 Å². The van der Waals surface area contributed by atoms with Crippen LogP contribution < -0.4 is 5.73 Å². The Balaban J connectivity index is 1.57. The third-order valence-electron chi connectivity index (χ3n) is 5.75. The van der Waals surface area contributed by atoms with Crippen molar-refractivity contribution < 1.29 is 4.79 Å². The van der Waals surface area contributed by atoms with Gasteiger partial charge < -0.3 is 10.6 Å². The van der Waals surface area contributed by atoms with Gasteiger partial charge in [0.2, 0.25) is 5.91 Å². The summed E-state index contributed by atoms with van der Waals surface area (Å²) in [5, 5.41) is 5.69. The number of carbonyl (C=O) groups excluding carboxylic acids is 1. The topological polar surface area (TPSA) is 103 Å². The normalized spacial score (nSPS) is 16.4. The number of nitrogen functional groups attached to an aromatic ring is 1. The Bertz CT molecular complexity index is 1310. The average Bonchev–Trinajstić information content (AvgIpc) is 3.45. The van der Waals surface area contributed by atoms with E-state index >= 15 is 0 Å². The third kappa shape index (κ3) is 3.54. The molecule has 8 nitrogen and oxygen atoms in total. The zero-order valence-electron chi connectivity index (χ0n) is 17.7. The van der Waals surface area contributed by atoms with E-state index in [1.165, 1.54) is 12.4 Å². The minimum atomic E-state index is -0.0611. The summed E-state index contributed by atoms with van der Waals surface area (Å²) in [6, 6.07) is 8.17. The van der Waals surface area contributed by atoms with Gasteiger partial charge in [0.1, 0.15) is 17.8 Å². The second-order valence-corrected chi connectivity index (χ2v) is 9.00. The lowest BCUT2D eigenvalue weighted by molar-refractivity contribution is -0.127. The van der Waals surface area contributed by atoms with Crippen LogP contribution >= 0.6 is 11.3 Å². The van der Waals surface area contributed by atoms with Gasteiger partial charge in [-0.15, -0.1) is 11.3 Å². The average molecular weight is 446 g/mol. The predicted molar refractivity (Wildman–Crippen MR) is 126 cm³/mol. The molecule has 1 aliphatic rings. The van der Waals surface area contributed by atoms with Crippen LogP contribution in [0.25, 0.3) is 32.2 Å². The molecule has 0 bridgehead atoms. The smallest absolute Gasteiger partial charge is 0.246 e. The van der Waals surface area contributed by atoms with Crippen molar-refractivity contribution in [2.75, 3.05) is 18.8 Å². The molecule has 5 rings (SSSR count). The molecule has 2 N–H and O–H groups in total. The van der Waals surface area contributed by atoms with E-state index in [-0.39, 0.29) is 11.9 Å². The van der Waals surface area contributed by atoms with Crippen molar-refractivity contribution in [2.24, 2.45) is 0 Å². The highest BCUT2D eigenvalue weighted by atomic mass is 32.1. The van der Waals surface area contributed by atoms with Crippen molar-refractivity contribution in [3.63, 3.8) is 0 Å². The first-order valence-corrected chi connectivity index (χ1v) is 11.3. The van der Waals surface area contributed by atoms with Crippen LogP contribution in [0.4, 0.5) is 5.82 Å². The molecule has 9 heteroatoms. The number of aromatic nitrogens is 5. The Morgan fingerprint density at radius 3 is 2.84 bits per heavy atom. The molecule has 1 unspecified atom stereocenters. The van der Waals surface area contributed by atoms with Gasteiger partial charge in [-0.2, -0.15) is 5.10 Å². The molecule has 0 saturated carbocycles. The summed E-state index contributed by atoms with van der Waals surface area (Å²) in [4.78, 5) is 29.3. The maximum absolute atomic E-state index is 12.2. The van der Waals surface area contributed by atoms with Crippen LogP contribution in [0.5, 0.6) is 0 Å². The van der Waals surface area contributed by atoms with Gasteiger partial charge in [0, 0.05) is 19.3 Å². The van der Waals surface area contributed by atoms with Crippen LogP contribution in [0.2, 0.25) is 0 Å². The molecule has 32 heavy (non-hydrogen) atoms. The summed E-state index contributed by atoms with van der Waals surface area (Å²) in [6.45, 7) is 6.93. The van der Waals surface area contributed by atoms with E-state index < -0.39 is 0 Å². The highest BCUT2D eigenvalue weighted by Gasteiger charge is 2.28. The van der Waals surface area contributed by atoms with Gasteiger partial charge >= 0.3 is 0 Å². The largest absolute Gasteiger partial charge is 0.383 e. The Kier molecular flexibility index (Phi) is 5.18. The highest BCUT2D eigenvalue weighted by Crippen LogP contribution is 2.39. The highest BCUT2D eigenvalue weighted by molar-refractivity contribution is 7.18. The maximum atomic E-state index is 12.2. The second kappa shape index (κ2) is 8.16. The summed E-state index contributed by atoms with van der Waals surface area (Å²) in [5.41, 5.74) is 9.77. The van der Waals surface area contributed by atoms with Gasteiger partial charge in [-0.25, -0.2) is 14.6 Å². The Morgan fingerprint density at radius 1 is 1.22 bits per heavy atom. The van der Waals surface area contributed by atoms with Gasteiger partial charge in [0.15, 0.2) is 5.65 Å². The molecule has 1 amide bonds. The second-order valence-electron chi connectivity index (χ2n) is 7.92. The van der Waals surface area contributed by atoms with Gasteiger partial charge in [0.25, 0.3) is 0 Å². The number of nitrogens with two attached hydrogens (primary N) is 1. The first kappa shape index (κ1) is 20.3. The lowest BCUT2D eigenvalue weighted by Gasteiger charge is -2.32. The molecule has 5 heterocycles. The van der Waals surface area contributed by atoms with Crippen LogP contribution in [0, 0.1) is 6.92 Å². The Hall–Kier alpha value is -3.59. The standard InChI is InChI=1S/C23H23N7OS/c1-3-19(31)29-10-4-5-15(12-29)30-23-20(22(24)26-13-27-23)21(28-30)18-9-8-17(32-18)16-7-6-14(2)11-25-16/h3,6-9,11,13,15H,1,4-5,10,12H2,2H3,(H2,24,26,27). The zero-order valence-corrected chi connectivity index (χ0v) is 18.5. The SMILES string of the molecule is C=CC(=O)N1CCCC(n2nc(-c3ccc(-c4ccc(C)cn4)s3)c3c(N)ncnc32)C1. The van der Waals surface area contributed by atoms with Crippen molar-refractivity contribution in [3.05, 3.63) is 55.0 Å². The van der Waals surface area contributed by atoms with Gasteiger partial charge in [-0.1, -0.05) is 12.6 Å². The number of carbonyl (C=O) groups is 1. The minimum Gasteiger partial charge on any atom is -0.383 e. The molecule has 162 valence electrons. The molecule has 0 radical (unpaired) electrons. The predicted octanol–water partition coefficient (Wildman–Crippen LogP) is 3.86. The monoisotopic (exact) mass is 445 g/mol. The molecule has 4 aromatic rings. The van der Waals surface area contributed by atoms with Gasteiger partial charge in [0.05, 0.1) is 26.9 Å². The van der Waals surface area contributed by atoms with Crippen LogP contribution in [0.3, 0.4) is 0 Å². The number of hydrogen-bond donors (Lipinski definition) is 1. The minimum absolute atomic E-state index is 0.0106. The van der Waals surface area contributed by atoms with Crippen LogP contribution in [-0.2, 0) is 4.79 Å². The van der Waals surface area contributed by atoms with E-state index in [1.54, 1.807) is 11.3 Å². The number of aryl methyl sites for hydroxylation is 1. The number of pyridine rings is 1. The summed E-state index contributed by atoms with van der Waals surface area (Å²) in [5.74, 6) is 0.337. The van der Waals surface area contributed by atoms with Crippen LogP contribution in [0.15, 0.2) is 49.4 Å².